The second-order valence-corrected chi connectivity index (χ2v) is 5.87. The van der Waals surface area contributed by atoms with Gasteiger partial charge in [-0.25, -0.2) is 4.98 Å². The molecular weight excluding hydrogens is 330 g/mol. The molecule has 0 fully saturated rings. The number of rotatable bonds is 8. The van der Waals surface area contributed by atoms with E-state index in [4.69, 9.17) is 4.74 Å². The molecular formula is C19H21N5O2. The van der Waals surface area contributed by atoms with Crippen molar-refractivity contribution in [2.75, 3.05) is 7.11 Å². The van der Waals surface area contributed by atoms with Gasteiger partial charge in [0.25, 0.3) is 0 Å². The zero-order chi connectivity index (χ0) is 18.2. The molecule has 3 heterocycles. The van der Waals surface area contributed by atoms with Crippen LogP contribution < -0.4 is 0 Å². The highest BCUT2D eigenvalue weighted by Gasteiger charge is 2.28. The summed E-state index contributed by atoms with van der Waals surface area (Å²) in [6.45, 7) is 1.01. The fourth-order valence-electron chi connectivity index (χ4n) is 2.78. The van der Waals surface area contributed by atoms with Gasteiger partial charge in [0.2, 0.25) is 0 Å². The fourth-order valence-corrected chi connectivity index (χ4v) is 2.78. The van der Waals surface area contributed by atoms with Crippen molar-refractivity contribution in [3.05, 3.63) is 78.4 Å². The lowest BCUT2D eigenvalue weighted by Gasteiger charge is -2.29. The maximum Gasteiger partial charge on any atom is 0.323 e. The number of methoxy groups -OCH3 is 1. The predicted octanol–water partition coefficient (Wildman–Crippen LogP) is 1.99. The predicted molar refractivity (Wildman–Crippen MR) is 95.8 cm³/mol. The van der Waals surface area contributed by atoms with Crippen LogP contribution in [0.1, 0.15) is 17.1 Å². The highest BCUT2D eigenvalue weighted by atomic mass is 16.5. The first-order valence-corrected chi connectivity index (χ1v) is 8.35. The molecule has 3 rings (SSSR count). The molecule has 26 heavy (non-hydrogen) atoms. The molecule has 3 aromatic rings. The Kier molecular flexibility index (Phi) is 6.05. The van der Waals surface area contributed by atoms with E-state index < -0.39 is 6.04 Å². The van der Waals surface area contributed by atoms with Gasteiger partial charge in [-0.3, -0.25) is 19.7 Å². The molecule has 0 aliphatic rings. The molecule has 0 aromatic carbocycles. The van der Waals surface area contributed by atoms with Crippen molar-refractivity contribution >= 4 is 5.97 Å². The third-order valence-corrected chi connectivity index (χ3v) is 4.06. The molecule has 0 saturated heterocycles. The minimum atomic E-state index is -0.482. The summed E-state index contributed by atoms with van der Waals surface area (Å²) in [4.78, 5) is 30.4. The van der Waals surface area contributed by atoms with E-state index in [-0.39, 0.29) is 5.97 Å². The third kappa shape index (κ3) is 4.73. The van der Waals surface area contributed by atoms with Crippen LogP contribution in [0.25, 0.3) is 0 Å². The molecule has 1 N–H and O–H groups in total. The fraction of sp³-hybridized carbons (Fsp3) is 0.263. The van der Waals surface area contributed by atoms with Crippen LogP contribution in [0.2, 0.25) is 0 Å². The van der Waals surface area contributed by atoms with Crippen LogP contribution in [0, 0.1) is 0 Å². The second-order valence-electron chi connectivity index (χ2n) is 5.87. The Labute approximate surface area is 152 Å². The largest absolute Gasteiger partial charge is 0.468 e. The highest BCUT2D eigenvalue weighted by Crippen LogP contribution is 2.15. The number of nitrogens with one attached hydrogen (secondary N) is 1. The number of H-pyrrole nitrogens is 1. The summed E-state index contributed by atoms with van der Waals surface area (Å²) in [5.74, 6) is -0.300. The summed E-state index contributed by atoms with van der Waals surface area (Å²) >= 11 is 0. The number of nitrogens with zero attached hydrogens (tertiary/aromatic N) is 4. The van der Waals surface area contributed by atoms with Crippen molar-refractivity contribution in [1.82, 2.24) is 24.8 Å². The summed E-state index contributed by atoms with van der Waals surface area (Å²) in [5.41, 5.74) is 2.62. The summed E-state index contributed by atoms with van der Waals surface area (Å²) in [6, 6.07) is 11.0. The molecule has 0 aliphatic carbocycles. The zero-order valence-electron chi connectivity index (χ0n) is 14.6. The molecule has 0 amide bonds. The van der Waals surface area contributed by atoms with Gasteiger partial charge in [0.15, 0.2) is 0 Å². The number of pyridine rings is 2. The molecule has 0 radical (unpaired) electrons. The van der Waals surface area contributed by atoms with Crippen LogP contribution in [-0.4, -0.2) is 44.0 Å². The minimum absolute atomic E-state index is 0.300. The lowest BCUT2D eigenvalue weighted by molar-refractivity contribution is -0.147. The van der Waals surface area contributed by atoms with Gasteiger partial charge in [-0.2, -0.15) is 0 Å². The Morgan fingerprint density at radius 1 is 1.12 bits per heavy atom. The van der Waals surface area contributed by atoms with Crippen molar-refractivity contribution in [1.29, 1.82) is 0 Å². The topological polar surface area (TPSA) is 84.0 Å². The average Bonchev–Trinajstić information content (AvgIpc) is 3.20. The maximum atomic E-state index is 12.5. The van der Waals surface area contributed by atoms with Crippen molar-refractivity contribution in [2.45, 2.75) is 25.6 Å². The van der Waals surface area contributed by atoms with Gasteiger partial charge in [0.1, 0.15) is 6.04 Å². The molecule has 0 spiro atoms. The monoisotopic (exact) mass is 351 g/mol. The lowest BCUT2D eigenvalue weighted by atomic mass is 10.1. The number of hydrogen-bond acceptors (Lipinski definition) is 6. The Hall–Kier alpha value is -3.06. The smallest absolute Gasteiger partial charge is 0.323 e. The van der Waals surface area contributed by atoms with Crippen molar-refractivity contribution in [2.24, 2.45) is 0 Å². The van der Waals surface area contributed by atoms with Gasteiger partial charge in [-0.15, -0.1) is 0 Å². The number of hydrogen-bond donors (Lipinski definition) is 1. The van der Waals surface area contributed by atoms with E-state index in [2.05, 4.69) is 19.9 Å². The molecule has 0 saturated carbocycles. The van der Waals surface area contributed by atoms with E-state index in [0.717, 1.165) is 17.1 Å². The van der Waals surface area contributed by atoms with E-state index in [1.807, 2.05) is 41.3 Å². The van der Waals surface area contributed by atoms with Crippen LogP contribution in [0.3, 0.4) is 0 Å². The molecule has 0 aliphatic heterocycles. The van der Waals surface area contributed by atoms with Crippen LogP contribution >= 0.6 is 0 Å². The molecule has 1 atom stereocenters. The van der Waals surface area contributed by atoms with Gasteiger partial charge in [-0.05, 0) is 24.3 Å². The van der Waals surface area contributed by atoms with E-state index in [0.29, 0.717) is 19.5 Å². The number of esters is 1. The Bertz CT molecular complexity index is 752. The number of carbonyl (C=O) groups excluding carboxylic acids is 1. The first-order chi connectivity index (χ1) is 12.8. The van der Waals surface area contributed by atoms with E-state index in [1.165, 1.54) is 7.11 Å². The molecule has 7 heteroatoms. The van der Waals surface area contributed by atoms with Gasteiger partial charge in [0.05, 0.1) is 24.8 Å². The summed E-state index contributed by atoms with van der Waals surface area (Å²) in [7, 11) is 1.40. The highest BCUT2D eigenvalue weighted by molar-refractivity contribution is 5.76. The Balaban J connectivity index is 1.88. The van der Waals surface area contributed by atoms with Crippen LogP contribution in [0.4, 0.5) is 0 Å². The third-order valence-electron chi connectivity index (χ3n) is 4.06. The lowest BCUT2D eigenvalue weighted by Crippen LogP contribution is -2.43. The number of aromatic amines is 1. The summed E-state index contributed by atoms with van der Waals surface area (Å²) < 4.78 is 5.06. The van der Waals surface area contributed by atoms with Crippen LogP contribution in [0.5, 0.6) is 0 Å². The number of aromatic nitrogens is 4. The normalized spacial score (nSPS) is 12.1. The SMILES string of the molecule is COC(=O)[C@H](Cc1cnc[nH]1)N(Cc1ccccn1)Cc1ccccn1. The number of carbonyl (C=O) groups is 1. The van der Waals surface area contributed by atoms with Crippen molar-refractivity contribution in [3.8, 4) is 0 Å². The summed E-state index contributed by atoms with van der Waals surface area (Å²) in [5, 5.41) is 0. The number of imidazole rings is 1. The minimum Gasteiger partial charge on any atom is -0.468 e. The maximum absolute atomic E-state index is 12.5. The van der Waals surface area contributed by atoms with E-state index in [1.54, 1.807) is 24.9 Å². The standard InChI is InChI=1S/C19H21N5O2/c1-26-19(25)18(10-17-11-20-14-23-17)24(12-15-6-2-4-8-21-15)13-16-7-3-5-9-22-16/h2-9,11,14,18H,10,12-13H2,1H3,(H,20,23)/t18-/m0/s1. The Morgan fingerprint density at radius 3 is 2.23 bits per heavy atom. The van der Waals surface area contributed by atoms with Gasteiger partial charge in [0, 0.05) is 43.8 Å². The molecule has 0 bridgehead atoms. The first-order valence-electron chi connectivity index (χ1n) is 8.35. The van der Waals surface area contributed by atoms with Crippen molar-refractivity contribution < 1.29 is 9.53 Å². The van der Waals surface area contributed by atoms with Gasteiger partial charge < -0.3 is 9.72 Å². The van der Waals surface area contributed by atoms with Crippen LogP contribution in [0.15, 0.2) is 61.3 Å². The summed E-state index contributed by atoms with van der Waals surface area (Å²) in [6.07, 6.45) is 7.28. The van der Waals surface area contributed by atoms with Crippen LogP contribution in [-0.2, 0) is 29.0 Å². The van der Waals surface area contributed by atoms with E-state index in [9.17, 15) is 4.79 Å². The molecule has 7 nitrogen and oxygen atoms in total. The van der Waals surface area contributed by atoms with Gasteiger partial charge >= 0.3 is 5.97 Å². The molecule has 0 unspecified atom stereocenters. The molecule has 3 aromatic heterocycles. The number of ether oxygens (including phenoxy) is 1. The zero-order valence-corrected chi connectivity index (χ0v) is 14.6. The first kappa shape index (κ1) is 17.8. The molecule has 134 valence electrons. The Morgan fingerprint density at radius 2 is 1.77 bits per heavy atom. The van der Waals surface area contributed by atoms with E-state index >= 15 is 0 Å². The van der Waals surface area contributed by atoms with Crippen molar-refractivity contribution in [3.63, 3.8) is 0 Å². The quantitative estimate of drug-likeness (QED) is 0.625. The second kappa shape index (κ2) is 8.87. The van der Waals surface area contributed by atoms with Gasteiger partial charge in [-0.1, -0.05) is 12.1 Å². The average molecular weight is 351 g/mol.